The molecule has 1 aromatic rings. The van der Waals surface area contributed by atoms with Crippen molar-refractivity contribution >= 4 is 5.69 Å². The fourth-order valence-corrected chi connectivity index (χ4v) is 3.62. The van der Waals surface area contributed by atoms with Gasteiger partial charge in [-0.1, -0.05) is 6.07 Å². The van der Waals surface area contributed by atoms with E-state index >= 15 is 0 Å². The van der Waals surface area contributed by atoms with Crippen molar-refractivity contribution in [1.82, 2.24) is 4.90 Å². The second-order valence-corrected chi connectivity index (χ2v) is 6.20. The molecular formula is C17H26N2O2. The van der Waals surface area contributed by atoms with E-state index in [-0.39, 0.29) is 6.10 Å². The maximum atomic E-state index is 9.85. The summed E-state index contributed by atoms with van der Waals surface area (Å²) in [4.78, 5) is 5.00. The number of benzene rings is 1. The molecule has 21 heavy (non-hydrogen) atoms. The highest BCUT2D eigenvalue weighted by atomic mass is 16.5. The van der Waals surface area contributed by atoms with E-state index in [1.54, 1.807) is 7.11 Å². The number of rotatable bonds is 3. The van der Waals surface area contributed by atoms with Crippen LogP contribution in [-0.4, -0.2) is 55.4 Å². The molecule has 0 amide bonds. The number of aliphatic hydroxyl groups excluding tert-OH is 1. The predicted octanol–water partition coefficient (Wildman–Crippen LogP) is 2.12. The fraction of sp³-hybridized carbons (Fsp3) is 0.647. The third-order valence-electron chi connectivity index (χ3n) is 4.87. The third-order valence-corrected chi connectivity index (χ3v) is 4.87. The molecule has 1 aliphatic carbocycles. The maximum absolute atomic E-state index is 9.85. The van der Waals surface area contributed by atoms with Crippen molar-refractivity contribution in [3.63, 3.8) is 0 Å². The molecule has 0 aromatic heterocycles. The van der Waals surface area contributed by atoms with Crippen LogP contribution in [0.5, 0.6) is 5.75 Å². The standard InChI is InChI=1S/C17H26N2O2/c1-21-17-7-3-5-15(13-17)19-10-8-18(9-11-19)14-4-2-6-16(20)12-14/h3,5,7,13-14,16,20H,2,4,6,8-12H2,1H3. The van der Waals surface area contributed by atoms with Crippen LogP contribution in [0.15, 0.2) is 24.3 Å². The van der Waals surface area contributed by atoms with Crippen molar-refractivity contribution in [2.24, 2.45) is 0 Å². The Morgan fingerprint density at radius 2 is 1.95 bits per heavy atom. The highest BCUT2D eigenvalue weighted by Gasteiger charge is 2.28. The number of anilines is 1. The number of methoxy groups -OCH3 is 1. The van der Waals surface area contributed by atoms with Gasteiger partial charge in [-0.05, 0) is 37.8 Å². The summed E-state index contributed by atoms with van der Waals surface area (Å²) in [5.41, 5.74) is 1.25. The van der Waals surface area contributed by atoms with E-state index in [1.807, 2.05) is 6.07 Å². The third kappa shape index (κ3) is 3.50. The predicted molar refractivity (Wildman–Crippen MR) is 85.0 cm³/mol. The zero-order chi connectivity index (χ0) is 14.7. The van der Waals surface area contributed by atoms with Crippen LogP contribution in [0.25, 0.3) is 0 Å². The fourth-order valence-electron chi connectivity index (χ4n) is 3.62. The van der Waals surface area contributed by atoms with E-state index < -0.39 is 0 Å². The van der Waals surface area contributed by atoms with Crippen LogP contribution in [0.3, 0.4) is 0 Å². The number of hydrogen-bond acceptors (Lipinski definition) is 4. The molecular weight excluding hydrogens is 264 g/mol. The Morgan fingerprint density at radius 1 is 1.14 bits per heavy atom. The quantitative estimate of drug-likeness (QED) is 0.925. The van der Waals surface area contributed by atoms with Crippen LogP contribution < -0.4 is 9.64 Å². The summed E-state index contributed by atoms with van der Waals surface area (Å²) in [6, 6.07) is 8.89. The Balaban J connectivity index is 1.57. The normalized spacial score (nSPS) is 27.6. The molecule has 4 nitrogen and oxygen atoms in total. The average Bonchev–Trinajstić information content (AvgIpc) is 2.55. The summed E-state index contributed by atoms with van der Waals surface area (Å²) < 4.78 is 5.31. The Morgan fingerprint density at radius 3 is 2.67 bits per heavy atom. The monoisotopic (exact) mass is 290 g/mol. The molecule has 2 atom stereocenters. The van der Waals surface area contributed by atoms with Gasteiger partial charge < -0.3 is 14.7 Å². The Hall–Kier alpha value is -1.26. The molecule has 1 saturated carbocycles. The van der Waals surface area contributed by atoms with Gasteiger partial charge >= 0.3 is 0 Å². The van der Waals surface area contributed by atoms with Gasteiger partial charge in [-0.25, -0.2) is 0 Å². The van der Waals surface area contributed by atoms with Gasteiger partial charge in [0.25, 0.3) is 0 Å². The van der Waals surface area contributed by atoms with Crippen molar-refractivity contribution < 1.29 is 9.84 Å². The van der Waals surface area contributed by atoms with Crippen molar-refractivity contribution in [2.45, 2.75) is 37.8 Å². The summed E-state index contributed by atoms with van der Waals surface area (Å²) in [6.45, 7) is 4.29. The number of hydrogen-bond donors (Lipinski definition) is 1. The van der Waals surface area contributed by atoms with Crippen molar-refractivity contribution in [3.05, 3.63) is 24.3 Å². The van der Waals surface area contributed by atoms with Crippen molar-refractivity contribution in [3.8, 4) is 5.75 Å². The van der Waals surface area contributed by atoms with E-state index in [2.05, 4.69) is 28.0 Å². The van der Waals surface area contributed by atoms with Crippen LogP contribution in [0.4, 0.5) is 5.69 Å². The summed E-state index contributed by atoms with van der Waals surface area (Å²) in [5, 5.41) is 9.85. The molecule has 0 bridgehead atoms. The Labute approximate surface area is 127 Å². The summed E-state index contributed by atoms with van der Waals surface area (Å²) in [5.74, 6) is 0.922. The first-order valence-electron chi connectivity index (χ1n) is 8.07. The molecule has 2 fully saturated rings. The molecule has 0 radical (unpaired) electrons. The van der Waals surface area contributed by atoms with E-state index in [9.17, 15) is 5.11 Å². The van der Waals surface area contributed by atoms with Gasteiger partial charge in [0.1, 0.15) is 5.75 Å². The van der Waals surface area contributed by atoms with Gasteiger partial charge in [0.15, 0.2) is 0 Å². The minimum absolute atomic E-state index is 0.0832. The molecule has 3 rings (SSSR count). The Kier molecular flexibility index (Phi) is 4.66. The molecule has 1 saturated heterocycles. The van der Waals surface area contributed by atoms with Crippen molar-refractivity contribution in [2.75, 3.05) is 38.2 Å². The largest absolute Gasteiger partial charge is 0.497 e. The SMILES string of the molecule is COc1cccc(N2CCN(C3CCCC(O)C3)CC2)c1. The highest BCUT2D eigenvalue weighted by molar-refractivity contribution is 5.51. The lowest BCUT2D eigenvalue weighted by molar-refractivity contribution is 0.0591. The second kappa shape index (κ2) is 6.67. The molecule has 116 valence electrons. The zero-order valence-corrected chi connectivity index (χ0v) is 12.9. The van der Waals surface area contributed by atoms with Gasteiger partial charge in [-0.2, -0.15) is 0 Å². The first kappa shape index (κ1) is 14.7. The maximum Gasteiger partial charge on any atom is 0.120 e. The van der Waals surface area contributed by atoms with Gasteiger partial charge in [0.05, 0.1) is 13.2 Å². The lowest BCUT2D eigenvalue weighted by Gasteiger charge is -2.42. The topological polar surface area (TPSA) is 35.9 Å². The number of ether oxygens (including phenoxy) is 1. The molecule has 2 unspecified atom stereocenters. The first-order valence-corrected chi connectivity index (χ1v) is 8.07. The van der Waals surface area contributed by atoms with Gasteiger partial charge in [-0.3, -0.25) is 4.90 Å². The smallest absolute Gasteiger partial charge is 0.120 e. The van der Waals surface area contributed by atoms with Crippen LogP contribution in [0.1, 0.15) is 25.7 Å². The summed E-state index contributed by atoms with van der Waals surface area (Å²) >= 11 is 0. The van der Waals surface area contributed by atoms with Gasteiger partial charge in [-0.15, -0.1) is 0 Å². The average molecular weight is 290 g/mol. The highest BCUT2D eigenvalue weighted by Crippen LogP contribution is 2.26. The number of aliphatic hydroxyl groups is 1. The molecule has 2 aliphatic rings. The lowest BCUT2D eigenvalue weighted by atomic mass is 9.91. The van der Waals surface area contributed by atoms with E-state index in [1.165, 1.54) is 18.5 Å². The minimum atomic E-state index is -0.0832. The number of nitrogens with zero attached hydrogens (tertiary/aromatic N) is 2. The summed E-state index contributed by atoms with van der Waals surface area (Å²) in [7, 11) is 1.71. The van der Waals surface area contributed by atoms with Crippen LogP contribution in [0, 0.1) is 0 Å². The van der Waals surface area contributed by atoms with E-state index in [4.69, 9.17) is 4.74 Å². The summed E-state index contributed by atoms with van der Waals surface area (Å²) in [6.07, 6.45) is 4.28. The molecule has 1 aromatic carbocycles. The number of piperazine rings is 1. The van der Waals surface area contributed by atoms with Gasteiger partial charge in [0, 0.05) is 44.0 Å². The second-order valence-electron chi connectivity index (χ2n) is 6.20. The molecule has 1 aliphatic heterocycles. The minimum Gasteiger partial charge on any atom is -0.497 e. The van der Waals surface area contributed by atoms with E-state index in [0.717, 1.165) is 44.8 Å². The van der Waals surface area contributed by atoms with Crippen LogP contribution in [0.2, 0.25) is 0 Å². The van der Waals surface area contributed by atoms with E-state index in [0.29, 0.717) is 6.04 Å². The first-order chi connectivity index (χ1) is 10.3. The lowest BCUT2D eigenvalue weighted by Crippen LogP contribution is -2.51. The van der Waals surface area contributed by atoms with Crippen molar-refractivity contribution in [1.29, 1.82) is 0 Å². The molecule has 0 spiro atoms. The van der Waals surface area contributed by atoms with Gasteiger partial charge in [0.2, 0.25) is 0 Å². The van der Waals surface area contributed by atoms with Crippen LogP contribution >= 0.6 is 0 Å². The Bertz CT molecular complexity index is 458. The van der Waals surface area contributed by atoms with Crippen LogP contribution in [-0.2, 0) is 0 Å². The molecule has 1 heterocycles. The molecule has 4 heteroatoms. The molecule has 1 N–H and O–H groups in total. The zero-order valence-electron chi connectivity index (χ0n) is 12.9.